The van der Waals surface area contributed by atoms with Crippen molar-refractivity contribution in [3.8, 4) is 11.5 Å². The van der Waals surface area contributed by atoms with Crippen LogP contribution in [0.15, 0.2) is 58.8 Å². The number of piperazine rings is 1. The lowest BCUT2D eigenvalue weighted by Gasteiger charge is -2.41. The lowest BCUT2D eigenvalue weighted by Crippen LogP contribution is -2.49. The van der Waals surface area contributed by atoms with Crippen LogP contribution < -0.4 is 4.90 Å². The van der Waals surface area contributed by atoms with Crippen LogP contribution in [0.3, 0.4) is 0 Å². The second-order valence-electron chi connectivity index (χ2n) is 10.4. The Bertz CT molecular complexity index is 1170. The molecule has 8 heteroatoms. The van der Waals surface area contributed by atoms with Gasteiger partial charge in [-0.1, -0.05) is 37.6 Å². The SMILES string of the molecule is CC1=C[C@@H](CN2CCN(c3ncccn3)CC2)[C@H](C(C)C)C[C@H]1Cc1nnc(-c2ccccc2F)o1. The Kier molecular flexibility index (Phi) is 7.41. The number of hydrogen-bond donors (Lipinski definition) is 0. The maximum Gasteiger partial charge on any atom is 0.250 e. The van der Waals surface area contributed by atoms with Crippen molar-refractivity contribution in [2.75, 3.05) is 37.6 Å². The summed E-state index contributed by atoms with van der Waals surface area (Å²) in [5.41, 5.74) is 1.74. The van der Waals surface area contributed by atoms with Crippen LogP contribution in [0.1, 0.15) is 33.1 Å². The minimum atomic E-state index is -0.346. The number of hydrogen-bond acceptors (Lipinski definition) is 7. The number of benzene rings is 1. The van der Waals surface area contributed by atoms with Crippen LogP contribution in [0.2, 0.25) is 0 Å². The number of halogens is 1. The van der Waals surface area contributed by atoms with E-state index in [1.165, 1.54) is 11.6 Å². The third-order valence-electron chi connectivity index (χ3n) is 7.75. The molecular weight excluding hydrogens is 455 g/mol. The van der Waals surface area contributed by atoms with E-state index in [4.69, 9.17) is 4.42 Å². The van der Waals surface area contributed by atoms with Gasteiger partial charge < -0.3 is 9.32 Å². The van der Waals surface area contributed by atoms with Gasteiger partial charge in [-0.3, -0.25) is 4.90 Å². The smallest absolute Gasteiger partial charge is 0.250 e. The highest BCUT2D eigenvalue weighted by molar-refractivity contribution is 5.53. The maximum absolute atomic E-state index is 14.1. The molecule has 1 saturated heterocycles. The van der Waals surface area contributed by atoms with Gasteiger partial charge in [0.15, 0.2) is 0 Å². The molecule has 0 unspecified atom stereocenters. The van der Waals surface area contributed by atoms with Crippen LogP contribution in [0.5, 0.6) is 0 Å². The monoisotopic (exact) mass is 490 g/mol. The fourth-order valence-electron chi connectivity index (χ4n) is 5.66. The summed E-state index contributed by atoms with van der Waals surface area (Å²) in [5.74, 6) is 3.35. The average molecular weight is 491 g/mol. The zero-order valence-electron chi connectivity index (χ0n) is 21.3. The van der Waals surface area contributed by atoms with Crippen LogP contribution in [-0.4, -0.2) is 57.8 Å². The van der Waals surface area contributed by atoms with E-state index < -0.39 is 0 Å². The highest BCUT2D eigenvalue weighted by atomic mass is 19.1. The number of aromatic nitrogens is 4. The summed E-state index contributed by atoms with van der Waals surface area (Å²) in [6, 6.07) is 8.38. The molecule has 0 amide bonds. The normalized spacial score (nSPS) is 23.2. The average Bonchev–Trinajstić information content (AvgIpc) is 3.35. The molecule has 1 aromatic carbocycles. The van der Waals surface area contributed by atoms with E-state index in [0.717, 1.165) is 45.1 Å². The van der Waals surface area contributed by atoms with Crippen molar-refractivity contribution in [3.05, 3.63) is 66.1 Å². The largest absolute Gasteiger partial charge is 0.421 e. The molecule has 36 heavy (non-hydrogen) atoms. The van der Waals surface area contributed by atoms with Crippen LogP contribution in [0.4, 0.5) is 10.3 Å². The van der Waals surface area contributed by atoms with Crippen molar-refractivity contribution in [2.24, 2.45) is 23.7 Å². The van der Waals surface area contributed by atoms with Crippen LogP contribution in [-0.2, 0) is 6.42 Å². The van der Waals surface area contributed by atoms with E-state index >= 15 is 0 Å². The summed E-state index contributed by atoms with van der Waals surface area (Å²) in [7, 11) is 0. The van der Waals surface area contributed by atoms with Crippen LogP contribution in [0.25, 0.3) is 11.5 Å². The lowest BCUT2D eigenvalue weighted by molar-refractivity contribution is 0.154. The summed E-state index contributed by atoms with van der Waals surface area (Å²) >= 11 is 0. The van der Waals surface area contributed by atoms with Crippen LogP contribution >= 0.6 is 0 Å². The van der Waals surface area contributed by atoms with E-state index in [-0.39, 0.29) is 11.7 Å². The van der Waals surface area contributed by atoms with Crippen molar-refractivity contribution < 1.29 is 8.81 Å². The van der Waals surface area contributed by atoms with E-state index in [9.17, 15) is 4.39 Å². The zero-order valence-corrected chi connectivity index (χ0v) is 21.3. The molecule has 3 aromatic rings. The molecule has 2 aromatic heterocycles. The highest BCUT2D eigenvalue weighted by Crippen LogP contribution is 2.39. The molecule has 0 N–H and O–H groups in total. The lowest BCUT2D eigenvalue weighted by atomic mass is 9.69. The number of nitrogens with zero attached hydrogens (tertiary/aromatic N) is 6. The molecule has 2 aliphatic rings. The van der Waals surface area contributed by atoms with Gasteiger partial charge in [-0.15, -0.1) is 10.2 Å². The quantitative estimate of drug-likeness (QED) is 0.437. The predicted octanol–water partition coefficient (Wildman–Crippen LogP) is 4.89. The number of allylic oxidation sites excluding steroid dienone is 1. The minimum absolute atomic E-state index is 0.249. The minimum Gasteiger partial charge on any atom is -0.421 e. The van der Waals surface area contributed by atoms with Gasteiger partial charge in [-0.25, -0.2) is 14.4 Å². The molecule has 3 heterocycles. The zero-order chi connectivity index (χ0) is 25.1. The van der Waals surface area contributed by atoms with Crippen LogP contribution in [0, 0.1) is 29.5 Å². The standard InChI is InChI=1S/C28H35FN6O/c1-19(2)24-16-21(17-26-32-33-27(36-26)23-7-4-5-8-25(23)29)20(3)15-22(24)18-34-11-13-35(14-12-34)28-30-9-6-10-31-28/h4-10,15,19,21-22,24H,11-14,16-18H2,1-3H3/t21-,22-,24-/m0/s1. The molecule has 7 nitrogen and oxygen atoms in total. The summed E-state index contributed by atoms with van der Waals surface area (Å²) in [5, 5.41) is 8.36. The van der Waals surface area contributed by atoms with Crippen molar-refractivity contribution in [1.29, 1.82) is 0 Å². The first-order valence-electron chi connectivity index (χ1n) is 13.0. The highest BCUT2D eigenvalue weighted by Gasteiger charge is 2.34. The first-order valence-corrected chi connectivity index (χ1v) is 13.0. The van der Waals surface area contributed by atoms with Gasteiger partial charge in [-0.2, -0.15) is 0 Å². The van der Waals surface area contributed by atoms with Gasteiger partial charge >= 0.3 is 0 Å². The fraction of sp³-hybridized carbons (Fsp3) is 0.500. The topological polar surface area (TPSA) is 71.2 Å². The summed E-state index contributed by atoms with van der Waals surface area (Å²) in [6.07, 6.45) is 7.89. The van der Waals surface area contributed by atoms with Gasteiger partial charge in [0.2, 0.25) is 11.8 Å². The molecule has 1 aliphatic heterocycles. The summed E-state index contributed by atoms with van der Waals surface area (Å²) in [4.78, 5) is 13.7. The van der Waals surface area contributed by atoms with Gasteiger partial charge in [0.1, 0.15) is 5.82 Å². The van der Waals surface area contributed by atoms with Gasteiger partial charge in [0, 0.05) is 51.5 Å². The molecule has 0 saturated carbocycles. The molecule has 1 aliphatic carbocycles. The summed E-state index contributed by atoms with van der Waals surface area (Å²) < 4.78 is 20.0. The second kappa shape index (κ2) is 10.9. The molecule has 0 spiro atoms. The Morgan fingerprint density at radius 2 is 1.78 bits per heavy atom. The van der Waals surface area contributed by atoms with Crippen molar-refractivity contribution in [2.45, 2.75) is 33.6 Å². The van der Waals surface area contributed by atoms with Crippen molar-refractivity contribution >= 4 is 5.95 Å². The Balaban J connectivity index is 1.23. The van der Waals surface area contributed by atoms with Crippen molar-refractivity contribution in [3.63, 3.8) is 0 Å². The first-order chi connectivity index (χ1) is 17.5. The van der Waals surface area contributed by atoms with Gasteiger partial charge in [-0.05, 0) is 55.2 Å². The number of anilines is 1. The summed E-state index contributed by atoms with van der Waals surface area (Å²) in [6.45, 7) is 11.9. The van der Waals surface area contributed by atoms with E-state index in [1.807, 2.05) is 18.5 Å². The molecule has 3 atom stereocenters. The van der Waals surface area contributed by atoms with E-state index in [1.54, 1.807) is 18.2 Å². The Morgan fingerprint density at radius 1 is 1.03 bits per heavy atom. The van der Waals surface area contributed by atoms with Crippen molar-refractivity contribution in [1.82, 2.24) is 25.1 Å². The third-order valence-corrected chi connectivity index (χ3v) is 7.75. The third kappa shape index (κ3) is 5.48. The molecular formula is C28H35FN6O. The molecule has 0 bridgehead atoms. The van der Waals surface area contributed by atoms with E-state index in [2.05, 4.69) is 56.8 Å². The molecule has 190 valence electrons. The van der Waals surface area contributed by atoms with Gasteiger partial charge in [0.05, 0.1) is 5.56 Å². The number of rotatable bonds is 7. The Morgan fingerprint density at radius 3 is 2.50 bits per heavy atom. The molecule has 0 radical (unpaired) electrons. The Hall–Kier alpha value is -3.13. The maximum atomic E-state index is 14.1. The molecule has 1 fully saturated rings. The first kappa shape index (κ1) is 24.6. The fourth-order valence-corrected chi connectivity index (χ4v) is 5.66. The Labute approximate surface area is 212 Å². The van der Waals surface area contributed by atoms with Gasteiger partial charge in [0.25, 0.3) is 5.89 Å². The second-order valence-corrected chi connectivity index (χ2v) is 10.4. The van der Waals surface area contributed by atoms with E-state index in [0.29, 0.717) is 41.5 Å². The predicted molar refractivity (Wildman–Crippen MR) is 138 cm³/mol. The molecule has 5 rings (SSSR count).